The molecule has 0 aliphatic heterocycles. The molecule has 0 radical (unpaired) electrons. The first-order valence-electron chi connectivity index (χ1n) is 4.20. The van der Waals surface area contributed by atoms with Gasteiger partial charge in [-0.2, -0.15) is 5.10 Å². The molecule has 78 valence electrons. The second kappa shape index (κ2) is 3.90. The number of rotatable bonds is 2. The second-order valence-corrected chi connectivity index (χ2v) is 3.41. The van der Waals surface area contributed by atoms with Gasteiger partial charge in [0.15, 0.2) is 4.77 Å². The summed E-state index contributed by atoms with van der Waals surface area (Å²) < 4.78 is 28.0. The smallest absolute Gasteiger partial charge is 0.195 e. The van der Waals surface area contributed by atoms with Gasteiger partial charge >= 0.3 is 0 Å². The van der Waals surface area contributed by atoms with Crippen LogP contribution in [0.4, 0.5) is 8.78 Å². The Labute approximate surface area is 89.4 Å². The Morgan fingerprint density at radius 2 is 2.20 bits per heavy atom. The number of hydrogen-bond donors (Lipinski definition) is 1. The van der Waals surface area contributed by atoms with Crippen LogP contribution in [0.25, 0.3) is 0 Å². The third kappa shape index (κ3) is 2.10. The summed E-state index contributed by atoms with van der Waals surface area (Å²) in [5.41, 5.74) is 0.243. The van der Waals surface area contributed by atoms with Crippen molar-refractivity contribution in [2.75, 3.05) is 0 Å². The highest BCUT2D eigenvalue weighted by atomic mass is 32.1. The first-order valence-corrected chi connectivity index (χ1v) is 4.61. The molecule has 15 heavy (non-hydrogen) atoms. The minimum Gasteiger partial charge on any atom is -0.302 e. The molecule has 0 aliphatic carbocycles. The largest absolute Gasteiger partial charge is 0.302 e. The Kier molecular flexibility index (Phi) is 2.59. The van der Waals surface area contributed by atoms with Crippen LogP contribution >= 0.6 is 12.2 Å². The lowest BCUT2D eigenvalue weighted by Gasteiger charge is -2.03. The van der Waals surface area contributed by atoms with Gasteiger partial charge < -0.3 is 4.57 Å². The SMILES string of the molecule is Fc1ccc(F)c(Cn2cn[nH]c2=S)c1. The lowest BCUT2D eigenvalue weighted by atomic mass is 10.2. The fourth-order valence-electron chi connectivity index (χ4n) is 1.23. The van der Waals surface area contributed by atoms with Gasteiger partial charge in [0.05, 0.1) is 6.54 Å². The van der Waals surface area contributed by atoms with Crippen LogP contribution in [0.3, 0.4) is 0 Å². The van der Waals surface area contributed by atoms with Crippen LogP contribution in [0, 0.1) is 16.4 Å². The zero-order valence-electron chi connectivity index (χ0n) is 7.58. The lowest BCUT2D eigenvalue weighted by molar-refractivity contribution is 0.576. The van der Waals surface area contributed by atoms with Crippen molar-refractivity contribution in [2.45, 2.75) is 6.54 Å². The topological polar surface area (TPSA) is 33.6 Å². The quantitative estimate of drug-likeness (QED) is 0.798. The Balaban J connectivity index is 2.36. The average Bonchev–Trinajstić information content (AvgIpc) is 2.58. The highest BCUT2D eigenvalue weighted by Gasteiger charge is 2.05. The van der Waals surface area contributed by atoms with Gasteiger partial charge in [0, 0.05) is 5.56 Å². The molecule has 1 aromatic heterocycles. The van der Waals surface area contributed by atoms with Crippen LogP contribution in [0.5, 0.6) is 0 Å². The molecule has 0 amide bonds. The van der Waals surface area contributed by atoms with Crippen LogP contribution in [0.2, 0.25) is 0 Å². The van der Waals surface area contributed by atoms with Gasteiger partial charge in [-0.05, 0) is 30.4 Å². The van der Waals surface area contributed by atoms with E-state index in [-0.39, 0.29) is 12.1 Å². The molecule has 1 N–H and O–H groups in total. The second-order valence-electron chi connectivity index (χ2n) is 3.03. The van der Waals surface area contributed by atoms with Gasteiger partial charge in [0.25, 0.3) is 0 Å². The Morgan fingerprint density at radius 3 is 2.87 bits per heavy atom. The maximum Gasteiger partial charge on any atom is 0.195 e. The van der Waals surface area contributed by atoms with Gasteiger partial charge in [0.1, 0.15) is 18.0 Å². The summed E-state index contributed by atoms with van der Waals surface area (Å²) in [5.74, 6) is -0.930. The van der Waals surface area contributed by atoms with Crippen LogP contribution in [-0.2, 0) is 6.54 Å². The molecule has 1 heterocycles. The first-order chi connectivity index (χ1) is 7.16. The molecule has 0 fully saturated rings. The Hall–Kier alpha value is -1.56. The highest BCUT2D eigenvalue weighted by molar-refractivity contribution is 7.71. The molecule has 2 aromatic rings. The van der Waals surface area contributed by atoms with Gasteiger partial charge in [-0.1, -0.05) is 0 Å². The summed E-state index contributed by atoms with van der Waals surface area (Å²) in [4.78, 5) is 0. The molecule has 0 aliphatic rings. The van der Waals surface area contributed by atoms with Gasteiger partial charge in [-0.3, -0.25) is 5.10 Å². The van der Waals surface area contributed by atoms with Crippen molar-refractivity contribution in [1.82, 2.24) is 14.8 Å². The number of benzene rings is 1. The molecule has 1 aromatic carbocycles. The predicted molar refractivity (Wildman–Crippen MR) is 52.9 cm³/mol. The number of nitrogens with one attached hydrogen (secondary N) is 1. The minimum absolute atomic E-state index is 0.166. The maximum atomic E-state index is 13.2. The van der Waals surface area contributed by atoms with Crippen molar-refractivity contribution in [3.8, 4) is 0 Å². The van der Waals surface area contributed by atoms with E-state index < -0.39 is 11.6 Å². The molecule has 2 rings (SSSR count). The standard InChI is InChI=1S/C9H7F2N3S/c10-7-1-2-8(11)6(3-7)4-14-5-12-13-9(14)15/h1-3,5H,4H2,(H,13,15). The third-order valence-corrected chi connectivity index (χ3v) is 2.29. The van der Waals surface area contributed by atoms with E-state index >= 15 is 0 Å². The summed E-state index contributed by atoms with van der Waals surface area (Å²) in [5, 5.41) is 6.22. The molecule has 0 spiro atoms. The van der Waals surface area contributed by atoms with Gasteiger partial charge in [-0.15, -0.1) is 0 Å². The molecule has 0 atom stereocenters. The van der Waals surface area contributed by atoms with Crippen molar-refractivity contribution in [3.63, 3.8) is 0 Å². The number of nitrogens with zero attached hydrogens (tertiary/aromatic N) is 2. The summed E-state index contributed by atoms with van der Waals surface area (Å²) in [6.07, 6.45) is 1.44. The number of hydrogen-bond acceptors (Lipinski definition) is 2. The monoisotopic (exact) mass is 227 g/mol. The highest BCUT2D eigenvalue weighted by Crippen LogP contribution is 2.11. The van der Waals surface area contributed by atoms with Gasteiger partial charge in [0.2, 0.25) is 0 Å². The molecule has 0 bridgehead atoms. The average molecular weight is 227 g/mol. The van der Waals surface area contributed by atoms with Crippen molar-refractivity contribution in [2.24, 2.45) is 0 Å². The van der Waals surface area contributed by atoms with Crippen molar-refractivity contribution in [3.05, 3.63) is 46.5 Å². The predicted octanol–water partition coefficient (Wildman–Crippen LogP) is 2.27. The maximum absolute atomic E-state index is 13.2. The van der Waals surface area contributed by atoms with Crippen LogP contribution < -0.4 is 0 Å². The van der Waals surface area contributed by atoms with E-state index in [9.17, 15) is 8.78 Å². The summed E-state index contributed by atoms with van der Waals surface area (Å²) in [6.45, 7) is 0.166. The van der Waals surface area contributed by atoms with E-state index in [1.165, 1.54) is 10.9 Å². The lowest BCUT2D eigenvalue weighted by Crippen LogP contribution is -2.01. The summed E-state index contributed by atoms with van der Waals surface area (Å²) in [7, 11) is 0. The third-order valence-electron chi connectivity index (χ3n) is 1.97. The van der Waals surface area contributed by atoms with Crippen LogP contribution in [-0.4, -0.2) is 14.8 Å². The number of aromatic nitrogens is 3. The fraction of sp³-hybridized carbons (Fsp3) is 0.111. The first kappa shape index (κ1) is 9.97. The van der Waals surface area contributed by atoms with Crippen LogP contribution in [0.1, 0.15) is 5.56 Å². The number of halogens is 2. The Bertz CT molecular complexity index is 532. The molecule has 6 heteroatoms. The molecular weight excluding hydrogens is 220 g/mol. The van der Waals surface area contributed by atoms with E-state index in [0.29, 0.717) is 4.77 Å². The van der Waals surface area contributed by atoms with E-state index in [4.69, 9.17) is 12.2 Å². The summed E-state index contributed by atoms with van der Waals surface area (Å²) in [6, 6.07) is 3.31. The van der Waals surface area contributed by atoms with Crippen LogP contribution in [0.15, 0.2) is 24.5 Å². The van der Waals surface area contributed by atoms with Crippen molar-refractivity contribution in [1.29, 1.82) is 0 Å². The normalized spacial score (nSPS) is 10.5. The molecule has 0 saturated carbocycles. The number of H-pyrrole nitrogens is 1. The fourth-order valence-corrected chi connectivity index (χ4v) is 1.40. The van der Waals surface area contributed by atoms with Crippen molar-refractivity contribution < 1.29 is 8.78 Å². The van der Waals surface area contributed by atoms with Gasteiger partial charge in [-0.25, -0.2) is 8.78 Å². The zero-order valence-corrected chi connectivity index (χ0v) is 8.39. The Morgan fingerprint density at radius 1 is 1.40 bits per heavy atom. The van der Waals surface area contributed by atoms with E-state index in [0.717, 1.165) is 18.2 Å². The molecular formula is C9H7F2N3S. The summed E-state index contributed by atoms with van der Waals surface area (Å²) >= 11 is 4.89. The number of aromatic amines is 1. The zero-order chi connectivity index (χ0) is 10.8. The van der Waals surface area contributed by atoms with E-state index in [2.05, 4.69) is 10.2 Å². The molecule has 0 unspecified atom stereocenters. The van der Waals surface area contributed by atoms with E-state index in [1.54, 1.807) is 0 Å². The molecule has 3 nitrogen and oxygen atoms in total. The molecule has 0 saturated heterocycles. The van der Waals surface area contributed by atoms with E-state index in [1.807, 2.05) is 0 Å². The van der Waals surface area contributed by atoms with Crippen molar-refractivity contribution >= 4 is 12.2 Å². The minimum atomic E-state index is -0.471.